The Kier molecular flexibility index (Phi) is 7.23. The topological polar surface area (TPSA) is 41.5 Å². The first-order valence-corrected chi connectivity index (χ1v) is 5.01. The lowest BCUT2D eigenvalue weighted by Gasteiger charge is -2.25. The normalized spacial score (nSPS) is 18.2. The highest BCUT2D eigenvalue weighted by Crippen LogP contribution is 2.04. The first-order chi connectivity index (χ1) is 6.15. The van der Waals surface area contributed by atoms with Gasteiger partial charge in [-0.25, -0.2) is 0 Å². The number of nitrogens with one attached hydrogen (secondary N) is 1. The van der Waals surface area contributed by atoms with Crippen LogP contribution in [0.1, 0.15) is 27.2 Å². The largest absolute Gasteiger partial charge is 0.395 e. The number of ether oxygens (including phenoxy) is 1. The van der Waals surface area contributed by atoms with Crippen molar-refractivity contribution in [2.45, 2.75) is 39.3 Å². The van der Waals surface area contributed by atoms with Crippen LogP contribution >= 0.6 is 0 Å². The number of hydrogen-bond donors (Lipinski definition) is 2. The molecule has 0 radical (unpaired) electrons. The molecule has 0 heterocycles. The molecule has 0 aromatic rings. The maximum Gasteiger partial charge on any atom is 0.0588 e. The van der Waals surface area contributed by atoms with Crippen LogP contribution in [-0.4, -0.2) is 37.5 Å². The van der Waals surface area contributed by atoms with Gasteiger partial charge in [0.05, 0.1) is 13.2 Å². The molecular formula is C10H23NO2. The van der Waals surface area contributed by atoms with Crippen molar-refractivity contribution in [1.29, 1.82) is 0 Å². The van der Waals surface area contributed by atoms with Crippen LogP contribution in [0, 0.1) is 5.92 Å². The zero-order chi connectivity index (χ0) is 10.3. The van der Waals surface area contributed by atoms with E-state index in [-0.39, 0.29) is 12.6 Å². The summed E-state index contributed by atoms with van der Waals surface area (Å²) in [6.45, 7) is 7.21. The molecule has 2 N–H and O–H groups in total. The molecule has 0 rings (SSSR count). The molecule has 0 spiro atoms. The molecule has 0 aromatic heterocycles. The van der Waals surface area contributed by atoms with Crippen LogP contribution in [0.2, 0.25) is 0 Å². The van der Waals surface area contributed by atoms with Crippen molar-refractivity contribution < 1.29 is 9.84 Å². The Morgan fingerprint density at radius 2 is 2.00 bits per heavy atom. The van der Waals surface area contributed by atoms with Crippen LogP contribution in [0.15, 0.2) is 0 Å². The van der Waals surface area contributed by atoms with Crippen molar-refractivity contribution in [1.82, 2.24) is 5.32 Å². The summed E-state index contributed by atoms with van der Waals surface area (Å²) in [5, 5.41) is 12.5. The van der Waals surface area contributed by atoms with Crippen LogP contribution in [0.5, 0.6) is 0 Å². The van der Waals surface area contributed by atoms with Crippen molar-refractivity contribution in [3.8, 4) is 0 Å². The summed E-state index contributed by atoms with van der Waals surface area (Å²) in [6, 6.07) is 0.603. The van der Waals surface area contributed by atoms with Gasteiger partial charge in [0.2, 0.25) is 0 Å². The maximum atomic E-state index is 9.15. The molecule has 3 unspecified atom stereocenters. The summed E-state index contributed by atoms with van der Waals surface area (Å²) < 4.78 is 5.05. The summed E-state index contributed by atoms with van der Waals surface area (Å²) in [6.07, 6.45) is 1.08. The van der Waals surface area contributed by atoms with Gasteiger partial charge in [-0.05, 0) is 19.3 Å². The Hall–Kier alpha value is -0.120. The lowest BCUT2D eigenvalue weighted by molar-refractivity contribution is 0.110. The van der Waals surface area contributed by atoms with E-state index in [2.05, 4.69) is 26.1 Å². The third-order valence-electron chi connectivity index (χ3n) is 2.42. The van der Waals surface area contributed by atoms with E-state index < -0.39 is 0 Å². The van der Waals surface area contributed by atoms with Gasteiger partial charge in [0.25, 0.3) is 0 Å². The maximum absolute atomic E-state index is 9.15. The standard InChI is InChI=1S/C10H23NO2/c1-5-9(3)11-10(6-12)8(2)7-13-4/h8-12H,5-7H2,1-4H3. The lowest BCUT2D eigenvalue weighted by atomic mass is 10.0. The molecule has 0 bridgehead atoms. The second-order valence-electron chi connectivity index (χ2n) is 3.70. The van der Waals surface area contributed by atoms with Crippen molar-refractivity contribution >= 4 is 0 Å². The third-order valence-corrected chi connectivity index (χ3v) is 2.42. The van der Waals surface area contributed by atoms with E-state index in [1.807, 2.05) is 0 Å². The highest BCUT2D eigenvalue weighted by atomic mass is 16.5. The average Bonchev–Trinajstić information content (AvgIpc) is 2.14. The molecule has 0 aliphatic heterocycles. The van der Waals surface area contributed by atoms with E-state index in [4.69, 9.17) is 9.84 Å². The van der Waals surface area contributed by atoms with Gasteiger partial charge in [-0.15, -0.1) is 0 Å². The summed E-state index contributed by atoms with van der Waals surface area (Å²) in [7, 11) is 1.69. The Morgan fingerprint density at radius 3 is 2.38 bits per heavy atom. The van der Waals surface area contributed by atoms with Crippen LogP contribution in [0.4, 0.5) is 0 Å². The Bertz CT molecular complexity index is 119. The van der Waals surface area contributed by atoms with E-state index in [1.54, 1.807) is 7.11 Å². The molecular weight excluding hydrogens is 166 g/mol. The lowest BCUT2D eigenvalue weighted by Crippen LogP contribution is -2.44. The van der Waals surface area contributed by atoms with Gasteiger partial charge in [-0.3, -0.25) is 0 Å². The highest BCUT2D eigenvalue weighted by molar-refractivity contribution is 4.75. The second kappa shape index (κ2) is 7.30. The minimum Gasteiger partial charge on any atom is -0.395 e. The Morgan fingerprint density at radius 1 is 1.38 bits per heavy atom. The fourth-order valence-electron chi connectivity index (χ4n) is 1.26. The number of methoxy groups -OCH3 is 1. The van der Waals surface area contributed by atoms with Crippen molar-refractivity contribution in [3.63, 3.8) is 0 Å². The van der Waals surface area contributed by atoms with E-state index >= 15 is 0 Å². The third kappa shape index (κ3) is 5.24. The minimum absolute atomic E-state index is 0.148. The summed E-state index contributed by atoms with van der Waals surface area (Å²) in [5.74, 6) is 0.351. The molecule has 3 nitrogen and oxygen atoms in total. The monoisotopic (exact) mass is 189 g/mol. The molecule has 80 valence electrons. The van der Waals surface area contributed by atoms with Crippen molar-refractivity contribution in [2.75, 3.05) is 20.3 Å². The number of aliphatic hydroxyl groups is 1. The van der Waals surface area contributed by atoms with E-state index in [9.17, 15) is 0 Å². The van der Waals surface area contributed by atoms with Gasteiger partial charge < -0.3 is 15.2 Å². The first kappa shape index (κ1) is 12.9. The van der Waals surface area contributed by atoms with E-state index in [1.165, 1.54) is 0 Å². The first-order valence-electron chi connectivity index (χ1n) is 5.01. The quantitative estimate of drug-likeness (QED) is 0.628. The predicted octanol–water partition coefficient (Wildman–Crippen LogP) is 1.02. The van der Waals surface area contributed by atoms with Crippen LogP contribution < -0.4 is 5.32 Å². The molecule has 0 aromatic carbocycles. The summed E-state index contributed by atoms with van der Waals surface area (Å²) >= 11 is 0. The molecule has 0 fully saturated rings. The van der Waals surface area contributed by atoms with Gasteiger partial charge in [-0.1, -0.05) is 13.8 Å². The molecule has 0 aliphatic rings. The number of hydrogen-bond acceptors (Lipinski definition) is 3. The minimum atomic E-state index is 0.148. The molecule has 0 saturated carbocycles. The molecule has 0 saturated heterocycles. The van der Waals surface area contributed by atoms with Gasteiger partial charge in [-0.2, -0.15) is 0 Å². The van der Waals surface area contributed by atoms with Crippen molar-refractivity contribution in [3.05, 3.63) is 0 Å². The zero-order valence-corrected chi connectivity index (χ0v) is 9.21. The molecule has 0 amide bonds. The zero-order valence-electron chi connectivity index (χ0n) is 9.21. The van der Waals surface area contributed by atoms with Crippen LogP contribution in [-0.2, 0) is 4.74 Å². The highest BCUT2D eigenvalue weighted by Gasteiger charge is 2.17. The fourth-order valence-corrected chi connectivity index (χ4v) is 1.26. The van der Waals surface area contributed by atoms with Gasteiger partial charge in [0, 0.05) is 19.2 Å². The molecule has 3 heteroatoms. The van der Waals surface area contributed by atoms with E-state index in [0.717, 1.165) is 6.42 Å². The fraction of sp³-hybridized carbons (Fsp3) is 1.00. The summed E-state index contributed by atoms with van der Waals surface area (Å²) in [4.78, 5) is 0. The molecule has 3 atom stereocenters. The SMILES string of the molecule is CCC(C)NC(CO)C(C)COC. The van der Waals surface area contributed by atoms with Crippen LogP contribution in [0.25, 0.3) is 0 Å². The smallest absolute Gasteiger partial charge is 0.0588 e. The molecule has 13 heavy (non-hydrogen) atoms. The number of aliphatic hydroxyl groups excluding tert-OH is 1. The van der Waals surface area contributed by atoms with Gasteiger partial charge in [0.1, 0.15) is 0 Å². The molecule has 0 aliphatic carbocycles. The number of rotatable bonds is 7. The predicted molar refractivity (Wildman–Crippen MR) is 54.8 cm³/mol. The average molecular weight is 189 g/mol. The second-order valence-corrected chi connectivity index (χ2v) is 3.70. The van der Waals surface area contributed by atoms with Gasteiger partial charge in [0.15, 0.2) is 0 Å². The van der Waals surface area contributed by atoms with E-state index in [0.29, 0.717) is 18.6 Å². The van der Waals surface area contributed by atoms with Crippen molar-refractivity contribution in [2.24, 2.45) is 5.92 Å². The van der Waals surface area contributed by atoms with Gasteiger partial charge >= 0.3 is 0 Å². The summed E-state index contributed by atoms with van der Waals surface area (Å²) in [5.41, 5.74) is 0. The van der Waals surface area contributed by atoms with Crippen LogP contribution in [0.3, 0.4) is 0 Å². The Balaban J connectivity index is 3.86. The Labute approximate surface area is 81.5 Å².